The Kier molecular flexibility index (Phi) is 10.6. The van der Waals surface area contributed by atoms with Gasteiger partial charge in [0.05, 0.1) is 5.69 Å². The first-order valence-corrected chi connectivity index (χ1v) is 16.7. The standard InChI is InChI=1S/C39H39N5OS/c1-42(29-32-15-7-3-8-16-32)38(45)35-21-11-17-33(27-35)30-46-39-40-36(34-19-9-4-10-20-34)28-37(41-39)44-25-23-43(24-26-44)22-12-18-31-13-5-2-6-14-31/h2-21,27-28H,22-26,29-30H2,1H3/b18-12+. The molecule has 1 fully saturated rings. The number of hydrogen-bond acceptors (Lipinski definition) is 6. The minimum absolute atomic E-state index is 0.00927. The predicted octanol–water partition coefficient (Wildman–Crippen LogP) is 7.54. The maximum Gasteiger partial charge on any atom is 0.253 e. The van der Waals surface area contributed by atoms with Gasteiger partial charge in [-0.15, -0.1) is 0 Å². The highest BCUT2D eigenvalue weighted by molar-refractivity contribution is 7.98. The molecule has 0 bridgehead atoms. The summed E-state index contributed by atoms with van der Waals surface area (Å²) in [5, 5.41) is 0.738. The van der Waals surface area contributed by atoms with Crippen LogP contribution in [0.4, 0.5) is 5.82 Å². The fourth-order valence-electron chi connectivity index (χ4n) is 5.55. The quantitative estimate of drug-likeness (QED) is 0.112. The van der Waals surface area contributed by atoms with Crippen LogP contribution in [-0.2, 0) is 12.3 Å². The number of rotatable bonds is 11. The first-order valence-electron chi connectivity index (χ1n) is 15.8. The van der Waals surface area contributed by atoms with Crippen molar-refractivity contribution in [3.05, 3.63) is 150 Å². The lowest BCUT2D eigenvalue weighted by Crippen LogP contribution is -2.46. The summed E-state index contributed by atoms with van der Waals surface area (Å²) in [7, 11) is 1.85. The molecule has 4 aromatic carbocycles. The number of carbonyl (C=O) groups is 1. The van der Waals surface area contributed by atoms with Gasteiger partial charge in [0.25, 0.3) is 5.91 Å². The Morgan fingerprint density at radius 1 is 0.783 bits per heavy atom. The number of nitrogens with zero attached hydrogens (tertiary/aromatic N) is 5. The smallest absolute Gasteiger partial charge is 0.253 e. The van der Waals surface area contributed by atoms with Gasteiger partial charge in [-0.3, -0.25) is 9.69 Å². The van der Waals surface area contributed by atoms with Crippen LogP contribution in [0.1, 0.15) is 27.0 Å². The maximum absolute atomic E-state index is 13.2. The number of amides is 1. The second-order valence-electron chi connectivity index (χ2n) is 11.5. The first kappa shape index (κ1) is 31.3. The zero-order valence-corrected chi connectivity index (χ0v) is 27.0. The number of benzene rings is 4. The molecule has 1 aromatic heterocycles. The topological polar surface area (TPSA) is 52.6 Å². The number of carbonyl (C=O) groups excluding carboxylic acids is 1. The minimum atomic E-state index is 0.00927. The second-order valence-corrected chi connectivity index (χ2v) is 12.4. The highest BCUT2D eigenvalue weighted by Crippen LogP contribution is 2.28. The summed E-state index contributed by atoms with van der Waals surface area (Å²) in [6.07, 6.45) is 4.45. The molecular weight excluding hydrogens is 587 g/mol. The van der Waals surface area contributed by atoms with Crippen LogP contribution in [0.3, 0.4) is 0 Å². The largest absolute Gasteiger partial charge is 0.354 e. The summed E-state index contributed by atoms with van der Waals surface area (Å²) in [4.78, 5) is 29.8. The Bertz CT molecular complexity index is 1740. The monoisotopic (exact) mass is 625 g/mol. The van der Waals surface area contributed by atoms with Crippen molar-refractivity contribution in [2.75, 3.05) is 44.7 Å². The molecule has 1 aliphatic heterocycles. The van der Waals surface area contributed by atoms with Gasteiger partial charge < -0.3 is 9.80 Å². The molecule has 1 saturated heterocycles. The van der Waals surface area contributed by atoms with E-state index in [2.05, 4.69) is 70.5 Å². The van der Waals surface area contributed by atoms with Crippen molar-refractivity contribution in [1.29, 1.82) is 0 Å². The Morgan fingerprint density at radius 3 is 2.20 bits per heavy atom. The number of aromatic nitrogens is 2. The summed E-state index contributed by atoms with van der Waals surface area (Å²) in [5.41, 5.74) is 6.09. The molecular formula is C39H39N5OS. The molecule has 0 atom stereocenters. The normalized spacial score (nSPS) is 13.6. The zero-order valence-electron chi connectivity index (χ0n) is 26.2. The molecule has 0 radical (unpaired) electrons. The van der Waals surface area contributed by atoms with E-state index in [1.165, 1.54) is 5.56 Å². The summed E-state index contributed by atoms with van der Waals surface area (Å²) < 4.78 is 0. The van der Waals surface area contributed by atoms with Gasteiger partial charge in [0.1, 0.15) is 5.82 Å². The van der Waals surface area contributed by atoms with Crippen LogP contribution in [0.2, 0.25) is 0 Å². The average molecular weight is 626 g/mol. The summed E-state index contributed by atoms with van der Waals surface area (Å²) in [6, 6.07) is 40.8. The first-order chi connectivity index (χ1) is 22.6. The Hall–Kier alpha value is -4.72. The minimum Gasteiger partial charge on any atom is -0.354 e. The van der Waals surface area contributed by atoms with E-state index in [1.807, 2.05) is 79.8 Å². The highest BCUT2D eigenvalue weighted by Gasteiger charge is 2.20. The van der Waals surface area contributed by atoms with E-state index in [9.17, 15) is 4.79 Å². The fraction of sp³-hybridized carbons (Fsp3) is 0.205. The Labute approximate surface area is 276 Å². The van der Waals surface area contributed by atoms with Gasteiger partial charge in [-0.05, 0) is 28.8 Å². The molecule has 0 unspecified atom stereocenters. The van der Waals surface area contributed by atoms with E-state index >= 15 is 0 Å². The van der Waals surface area contributed by atoms with E-state index in [0.717, 1.165) is 66.1 Å². The SMILES string of the molecule is CN(Cc1ccccc1)C(=O)c1cccc(CSc2nc(-c3ccccc3)cc(N3CCN(C/C=C/c4ccccc4)CC3)n2)c1. The summed E-state index contributed by atoms with van der Waals surface area (Å²) in [6.45, 7) is 5.29. The van der Waals surface area contributed by atoms with Gasteiger partial charge in [-0.1, -0.05) is 127 Å². The molecule has 0 aliphatic carbocycles. The van der Waals surface area contributed by atoms with Crippen molar-refractivity contribution in [3.8, 4) is 11.3 Å². The molecule has 6 rings (SSSR count). The zero-order chi connectivity index (χ0) is 31.6. The van der Waals surface area contributed by atoms with Crippen molar-refractivity contribution in [1.82, 2.24) is 19.8 Å². The van der Waals surface area contributed by atoms with Gasteiger partial charge in [0, 0.05) is 69.3 Å². The van der Waals surface area contributed by atoms with Gasteiger partial charge in [-0.2, -0.15) is 0 Å². The van der Waals surface area contributed by atoms with E-state index in [4.69, 9.17) is 9.97 Å². The predicted molar refractivity (Wildman–Crippen MR) is 190 cm³/mol. The molecule has 1 amide bonds. The second kappa shape index (κ2) is 15.5. The van der Waals surface area contributed by atoms with Crippen molar-refractivity contribution in [2.24, 2.45) is 0 Å². The molecule has 2 heterocycles. The number of piperazine rings is 1. The number of anilines is 1. The van der Waals surface area contributed by atoms with E-state index in [1.54, 1.807) is 16.7 Å². The van der Waals surface area contributed by atoms with Crippen molar-refractivity contribution >= 4 is 29.6 Å². The lowest BCUT2D eigenvalue weighted by atomic mass is 10.1. The van der Waals surface area contributed by atoms with Crippen LogP contribution >= 0.6 is 11.8 Å². The highest BCUT2D eigenvalue weighted by atomic mass is 32.2. The van der Waals surface area contributed by atoms with Crippen LogP contribution < -0.4 is 4.90 Å². The number of thioether (sulfide) groups is 1. The van der Waals surface area contributed by atoms with Crippen molar-refractivity contribution in [2.45, 2.75) is 17.5 Å². The molecule has 5 aromatic rings. The van der Waals surface area contributed by atoms with Crippen LogP contribution in [-0.4, -0.2) is 65.4 Å². The van der Waals surface area contributed by atoms with E-state index < -0.39 is 0 Å². The van der Waals surface area contributed by atoms with Gasteiger partial charge >= 0.3 is 0 Å². The van der Waals surface area contributed by atoms with Gasteiger partial charge in [0.2, 0.25) is 0 Å². The Balaban J connectivity index is 1.12. The van der Waals surface area contributed by atoms with Crippen LogP contribution in [0, 0.1) is 0 Å². The summed E-state index contributed by atoms with van der Waals surface area (Å²) >= 11 is 1.61. The molecule has 7 heteroatoms. The molecule has 232 valence electrons. The third kappa shape index (κ3) is 8.50. The van der Waals surface area contributed by atoms with Crippen LogP contribution in [0.5, 0.6) is 0 Å². The van der Waals surface area contributed by atoms with Gasteiger partial charge in [0.15, 0.2) is 5.16 Å². The van der Waals surface area contributed by atoms with Crippen molar-refractivity contribution in [3.63, 3.8) is 0 Å². The molecule has 0 saturated carbocycles. The Morgan fingerprint density at radius 2 is 1.46 bits per heavy atom. The van der Waals surface area contributed by atoms with Gasteiger partial charge in [-0.25, -0.2) is 9.97 Å². The number of hydrogen-bond donors (Lipinski definition) is 0. The lowest BCUT2D eigenvalue weighted by molar-refractivity contribution is 0.0785. The third-order valence-corrected chi connectivity index (χ3v) is 9.00. The average Bonchev–Trinajstić information content (AvgIpc) is 3.12. The summed E-state index contributed by atoms with van der Waals surface area (Å²) in [5.74, 6) is 1.64. The molecule has 46 heavy (non-hydrogen) atoms. The molecule has 0 spiro atoms. The van der Waals surface area contributed by atoms with E-state index in [0.29, 0.717) is 17.9 Å². The maximum atomic E-state index is 13.2. The lowest BCUT2D eigenvalue weighted by Gasteiger charge is -2.35. The molecule has 1 aliphatic rings. The van der Waals surface area contributed by atoms with Crippen molar-refractivity contribution < 1.29 is 4.79 Å². The molecule has 0 N–H and O–H groups in total. The van der Waals surface area contributed by atoms with Crippen LogP contribution in [0.25, 0.3) is 17.3 Å². The van der Waals surface area contributed by atoms with Crippen LogP contribution in [0.15, 0.2) is 133 Å². The fourth-order valence-corrected chi connectivity index (χ4v) is 6.35. The molecule has 6 nitrogen and oxygen atoms in total. The van der Waals surface area contributed by atoms with E-state index in [-0.39, 0.29) is 5.91 Å². The third-order valence-electron chi connectivity index (χ3n) is 8.08.